The van der Waals surface area contributed by atoms with Gasteiger partial charge in [-0.05, 0) is 59.7 Å². The second-order valence-electron chi connectivity index (χ2n) is 7.72. The number of aliphatic hydroxyl groups is 4. The molecule has 0 radical (unpaired) electrons. The first kappa shape index (κ1) is 20.8. The molecule has 0 bridgehead atoms. The Hall–Kier alpha value is -2.49. The lowest BCUT2D eigenvalue weighted by atomic mass is 9.98. The maximum absolute atomic E-state index is 11.1. The molecule has 2 aromatic rings. The van der Waals surface area contributed by atoms with Crippen molar-refractivity contribution in [3.05, 3.63) is 53.6 Å². The summed E-state index contributed by atoms with van der Waals surface area (Å²) in [6.07, 6.45) is -4.71. The SMILES string of the molecule is O=C(O)c1ccc(-c2ccc(O[C@H]3O[C@H](CO)[C@@H](O)[C@H](O)[C@@H]3O)c(C3CC3)c2)cc1. The van der Waals surface area contributed by atoms with E-state index in [0.29, 0.717) is 11.7 Å². The number of aliphatic hydroxyl groups excluding tert-OH is 4. The fourth-order valence-electron chi connectivity index (χ4n) is 3.64. The lowest BCUT2D eigenvalue weighted by Gasteiger charge is -2.39. The monoisotopic (exact) mass is 416 g/mol. The van der Waals surface area contributed by atoms with Gasteiger partial charge in [-0.15, -0.1) is 0 Å². The van der Waals surface area contributed by atoms with E-state index >= 15 is 0 Å². The van der Waals surface area contributed by atoms with E-state index in [4.69, 9.17) is 14.6 Å². The Morgan fingerprint density at radius 1 is 0.967 bits per heavy atom. The second-order valence-corrected chi connectivity index (χ2v) is 7.72. The molecule has 2 fully saturated rings. The predicted octanol–water partition coefficient (Wildman–Crippen LogP) is 1.11. The van der Waals surface area contributed by atoms with Gasteiger partial charge in [0.2, 0.25) is 6.29 Å². The predicted molar refractivity (Wildman–Crippen MR) is 105 cm³/mol. The van der Waals surface area contributed by atoms with Crippen molar-refractivity contribution in [3.63, 3.8) is 0 Å². The molecule has 0 spiro atoms. The lowest BCUT2D eigenvalue weighted by Crippen LogP contribution is -2.60. The van der Waals surface area contributed by atoms with Crippen LogP contribution in [0.25, 0.3) is 11.1 Å². The molecule has 2 aliphatic rings. The van der Waals surface area contributed by atoms with E-state index in [2.05, 4.69) is 0 Å². The summed E-state index contributed by atoms with van der Waals surface area (Å²) >= 11 is 0. The Balaban J connectivity index is 1.59. The van der Waals surface area contributed by atoms with Crippen LogP contribution in [-0.2, 0) is 4.74 Å². The minimum atomic E-state index is -1.50. The van der Waals surface area contributed by atoms with Gasteiger partial charge in [-0.25, -0.2) is 4.79 Å². The zero-order valence-corrected chi connectivity index (χ0v) is 16.1. The van der Waals surface area contributed by atoms with Crippen LogP contribution in [-0.4, -0.2) is 68.8 Å². The van der Waals surface area contributed by atoms with Crippen LogP contribution in [0.4, 0.5) is 0 Å². The molecule has 5 atom stereocenters. The molecule has 160 valence electrons. The molecular formula is C22H24O8. The number of carboxylic acid groups (broad SMARTS) is 1. The Morgan fingerprint density at radius 2 is 1.63 bits per heavy atom. The first-order valence-corrected chi connectivity index (χ1v) is 9.84. The normalized spacial score (nSPS) is 28.9. The molecular weight excluding hydrogens is 392 g/mol. The molecule has 1 saturated heterocycles. The minimum absolute atomic E-state index is 0.212. The Bertz CT molecular complexity index is 906. The van der Waals surface area contributed by atoms with Gasteiger partial charge in [0.1, 0.15) is 30.2 Å². The van der Waals surface area contributed by atoms with E-state index in [0.717, 1.165) is 29.5 Å². The summed E-state index contributed by atoms with van der Waals surface area (Å²) in [5.41, 5.74) is 2.90. The van der Waals surface area contributed by atoms with Crippen LogP contribution in [0.2, 0.25) is 0 Å². The molecule has 8 nitrogen and oxygen atoms in total. The molecule has 30 heavy (non-hydrogen) atoms. The second kappa shape index (κ2) is 8.33. The molecule has 4 rings (SSSR count). The summed E-state index contributed by atoms with van der Waals surface area (Å²) in [4.78, 5) is 11.1. The molecule has 1 aliphatic heterocycles. The van der Waals surface area contributed by atoms with Crippen molar-refractivity contribution in [1.29, 1.82) is 0 Å². The van der Waals surface area contributed by atoms with Crippen LogP contribution >= 0.6 is 0 Å². The van der Waals surface area contributed by atoms with E-state index in [9.17, 15) is 25.2 Å². The molecule has 1 heterocycles. The van der Waals surface area contributed by atoms with Gasteiger partial charge in [-0.1, -0.05) is 18.2 Å². The van der Waals surface area contributed by atoms with E-state index in [1.54, 1.807) is 30.3 Å². The molecule has 1 aliphatic carbocycles. The Morgan fingerprint density at radius 3 is 2.23 bits per heavy atom. The van der Waals surface area contributed by atoms with Gasteiger partial charge in [-0.2, -0.15) is 0 Å². The van der Waals surface area contributed by atoms with Crippen LogP contribution in [0, 0.1) is 0 Å². The summed E-state index contributed by atoms with van der Waals surface area (Å²) in [7, 11) is 0. The topological polar surface area (TPSA) is 137 Å². The molecule has 0 amide bonds. The highest BCUT2D eigenvalue weighted by Gasteiger charge is 2.45. The summed E-state index contributed by atoms with van der Waals surface area (Å²) in [5, 5.41) is 48.6. The van der Waals surface area contributed by atoms with Crippen molar-refractivity contribution >= 4 is 5.97 Å². The number of carboxylic acids is 1. The van der Waals surface area contributed by atoms with Gasteiger partial charge in [0.15, 0.2) is 0 Å². The smallest absolute Gasteiger partial charge is 0.335 e. The average molecular weight is 416 g/mol. The van der Waals surface area contributed by atoms with Gasteiger partial charge in [0.05, 0.1) is 12.2 Å². The number of carbonyl (C=O) groups is 1. The van der Waals surface area contributed by atoms with Crippen molar-refractivity contribution in [2.75, 3.05) is 6.61 Å². The highest BCUT2D eigenvalue weighted by molar-refractivity contribution is 5.88. The first-order chi connectivity index (χ1) is 14.4. The van der Waals surface area contributed by atoms with Crippen molar-refractivity contribution < 1.29 is 39.8 Å². The third-order valence-electron chi connectivity index (χ3n) is 5.58. The van der Waals surface area contributed by atoms with E-state index in [1.807, 2.05) is 12.1 Å². The highest BCUT2D eigenvalue weighted by atomic mass is 16.7. The van der Waals surface area contributed by atoms with Crippen LogP contribution < -0.4 is 4.74 Å². The van der Waals surface area contributed by atoms with Gasteiger partial charge < -0.3 is 35.0 Å². The minimum Gasteiger partial charge on any atom is -0.478 e. The fraction of sp³-hybridized carbons (Fsp3) is 0.409. The van der Waals surface area contributed by atoms with E-state index in [1.165, 1.54) is 0 Å². The molecule has 1 saturated carbocycles. The maximum Gasteiger partial charge on any atom is 0.335 e. The standard InChI is InChI=1S/C22H24O8/c23-10-17-18(24)19(25)20(26)22(30-17)29-16-8-7-14(9-15(16)12-3-4-12)11-1-5-13(6-2-11)21(27)28/h1-2,5-9,12,17-20,22-26H,3-4,10H2,(H,27,28)/t17-,18-,19+,20+,22+/m1/s1. The Labute approximate surface area is 172 Å². The summed E-state index contributed by atoms with van der Waals surface area (Å²) < 4.78 is 11.3. The summed E-state index contributed by atoms with van der Waals surface area (Å²) in [5.74, 6) is -0.195. The molecule has 8 heteroatoms. The van der Waals surface area contributed by atoms with Crippen LogP contribution in [0.3, 0.4) is 0 Å². The van der Waals surface area contributed by atoms with Gasteiger partial charge in [0.25, 0.3) is 0 Å². The van der Waals surface area contributed by atoms with Crippen molar-refractivity contribution in [1.82, 2.24) is 0 Å². The molecule has 2 aromatic carbocycles. The van der Waals surface area contributed by atoms with E-state index < -0.39 is 43.3 Å². The third-order valence-corrected chi connectivity index (χ3v) is 5.58. The van der Waals surface area contributed by atoms with Crippen LogP contribution in [0.15, 0.2) is 42.5 Å². The number of hydrogen-bond donors (Lipinski definition) is 5. The summed E-state index contributed by atoms with van der Waals surface area (Å²) in [6, 6.07) is 12.1. The molecule has 0 unspecified atom stereocenters. The average Bonchev–Trinajstić information content (AvgIpc) is 3.59. The highest BCUT2D eigenvalue weighted by Crippen LogP contribution is 2.46. The van der Waals surface area contributed by atoms with Gasteiger partial charge in [0, 0.05) is 0 Å². The van der Waals surface area contributed by atoms with E-state index in [-0.39, 0.29) is 5.56 Å². The van der Waals surface area contributed by atoms with Crippen molar-refractivity contribution in [3.8, 4) is 16.9 Å². The number of ether oxygens (including phenoxy) is 2. The fourth-order valence-corrected chi connectivity index (χ4v) is 3.64. The van der Waals surface area contributed by atoms with Crippen LogP contribution in [0.5, 0.6) is 5.75 Å². The number of hydrogen-bond acceptors (Lipinski definition) is 7. The molecule has 0 aromatic heterocycles. The van der Waals surface area contributed by atoms with Crippen LogP contribution in [0.1, 0.15) is 34.7 Å². The third kappa shape index (κ3) is 4.05. The number of aromatic carboxylic acids is 1. The number of benzene rings is 2. The van der Waals surface area contributed by atoms with Crippen molar-refractivity contribution in [2.24, 2.45) is 0 Å². The number of rotatable bonds is 6. The summed E-state index contributed by atoms with van der Waals surface area (Å²) in [6.45, 7) is -0.522. The Kier molecular flexibility index (Phi) is 5.77. The molecule has 5 N–H and O–H groups in total. The van der Waals surface area contributed by atoms with Crippen molar-refractivity contribution in [2.45, 2.75) is 49.5 Å². The lowest BCUT2D eigenvalue weighted by molar-refractivity contribution is -0.277. The maximum atomic E-state index is 11.1. The largest absolute Gasteiger partial charge is 0.478 e. The zero-order chi connectivity index (χ0) is 21.4. The first-order valence-electron chi connectivity index (χ1n) is 9.84. The quantitative estimate of drug-likeness (QED) is 0.472. The van der Waals surface area contributed by atoms with Gasteiger partial charge in [-0.3, -0.25) is 0 Å². The zero-order valence-electron chi connectivity index (χ0n) is 16.1. The van der Waals surface area contributed by atoms with Gasteiger partial charge >= 0.3 is 5.97 Å².